The van der Waals surface area contributed by atoms with Crippen molar-refractivity contribution >= 4 is 23.2 Å². The number of nitrogens with zero attached hydrogens (tertiary/aromatic N) is 1. The Morgan fingerprint density at radius 2 is 1.95 bits per heavy atom. The predicted molar refractivity (Wildman–Crippen MR) is 87.4 cm³/mol. The number of rotatable bonds is 5. The van der Waals surface area contributed by atoms with Crippen LogP contribution in [0.5, 0.6) is 0 Å². The number of halogens is 2. The maximum absolute atomic E-state index is 13.0. The molecule has 0 spiro atoms. The minimum Gasteiger partial charge on any atom is -0.323 e. The zero-order valence-electron chi connectivity index (χ0n) is 12.5. The number of likely N-dealkylation sites (N-methyl/N-ethyl adjacent to an activating group) is 1. The van der Waals surface area contributed by atoms with E-state index >= 15 is 0 Å². The molecule has 0 bridgehead atoms. The Bertz CT molecular complexity index is 648. The van der Waals surface area contributed by atoms with Crippen molar-refractivity contribution < 1.29 is 9.18 Å². The monoisotopic (exact) mass is 320 g/mol. The molecule has 0 fully saturated rings. The topological polar surface area (TPSA) is 32.3 Å². The van der Waals surface area contributed by atoms with Gasteiger partial charge >= 0.3 is 0 Å². The average Bonchev–Trinajstić information content (AvgIpc) is 2.50. The Labute approximate surface area is 134 Å². The smallest absolute Gasteiger partial charge is 0.241 e. The maximum Gasteiger partial charge on any atom is 0.241 e. The van der Waals surface area contributed by atoms with E-state index in [1.165, 1.54) is 18.2 Å². The van der Waals surface area contributed by atoms with E-state index in [0.29, 0.717) is 12.2 Å². The van der Waals surface area contributed by atoms with Crippen LogP contribution in [-0.4, -0.2) is 23.9 Å². The fraction of sp³-hybridized carbons (Fsp3) is 0.235. The van der Waals surface area contributed by atoms with E-state index in [1.54, 1.807) is 0 Å². The van der Waals surface area contributed by atoms with E-state index in [0.717, 1.165) is 5.56 Å². The molecule has 116 valence electrons. The van der Waals surface area contributed by atoms with Crippen LogP contribution in [0, 0.1) is 5.82 Å². The normalized spacial score (nSPS) is 12.2. The minimum absolute atomic E-state index is 0.186. The lowest BCUT2D eigenvalue weighted by Crippen LogP contribution is -2.39. The molecule has 0 saturated heterocycles. The second kappa shape index (κ2) is 7.38. The fourth-order valence-electron chi connectivity index (χ4n) is 2.04. The molecule has 3 nitrogen and oxygen atoms in total. The van der Waals surface area contributed by atoms with Crippen LogP contribution in [-0.2, 0) is 11.3 Å². The summed E-state index contributed by atoms with van der Waals surface area (Å²) >= 11 is 5.92. The molecule has 0 aliphatic heterocycles. The van der Waals surface area contributed by atoms with E-state index < -0.39 is 5.82 Å². The van der Waals surface area contributed by atoms with Gasteiger partial charge in [0.2, 0.25) is 5.91 Å². The number of carbonyl (C=O) groups excluding carboxylic acids is 1. The van der Waals surface area contributed by atoms with Gasteiger partial charge in [0, 0.05) is 6.54 Å². The molecule has 0 aliphatic rings. The Kier molecular flexibility index (Phi) is 5.52. The molecule has 2 aromatic rings. The van der Waals surface area contributed by atoms with Crippen LogP contribution >= 0.6 is 11.6 Å². The molecular formula is C17H18ClFN2O. The Morgan fingerprint density at radius 1 is 1.27 bits per heavy atom. The Hall–Kier alpha value is -1.91. The maximum atomic E-state index is 13.0. The highest BCUT2D eigenvalue weighted by molar-refractivity contribution is 6.33. The van der Waals surface area contributed by atoms with Gasteiger partial charge in [0.15, 0.2) is 0 Å². The highest BCUT2D eigenvalue weighted by Gasteiger charge is 2.19. The summed E-state index contributed by atoms with van der Waals surface area (Å²) in [6.07, 6.45) is 0. The summed E-state index contributed by atoms with van der Waals surface area (Å²) in [6.45, 7) is 2.47. The Morgan fingerprint density at radius 3 is 2.59 bits per heavy atom. The molecule has 5 heteroatoms. The van der Waals surface area contributed by atoms with E-state index in [1.807, 2.05) is 49.2 Å². The van der Waals surface area contributed by atoms with Gasteiger partial charge in [0.1, 0.15) is 5.82 Å². The van der Waals surface area contributed by atoms with Gasteiger partial charge in [-0.2, -0.15) is 0 Å². The first-order chi connectivity index (χ1) is 10.5. The summed E-state index contributed by atoms with van der Waals surface area (Å²) in [4.78, 5) is 14.2. The summed E-state index contributed by atoms with van der Waals surface area (Å²) in [7, 11) is 1.88. The number of anilines is 1. The first-order valence-electron chi connectivity index (χ1n) is 6.97. The summed E-state index contributed by atoms with van der Waals surface area (Å²) < 4.78 is 13.0. The molecule has 2 aromatic carbocycles. The van der Waals surface area contributed by atoms with Crippen LogP contribution in [0.2, 0.25) is 5.02 Å². The van der Waals surface area contributed by atoms with Gasteiger partial charge < -0.3 is 5.32 Å². The van der Waals surface area contributed by atoms with Crippen LogP contribution < -0.4 is 5.32 Å². The highest BCUT2D eigenvalue weighted by Crippen LogP contribution is 2.22. The van der Waals surface area contributed by atoms with Crippen molar-refractivity contribution in [2.45, 2.75) is 19.5 Å². The van der Waals surface area contributed by atoms with Gasteiger partial charge in [-0.3, -0.25) is 9.69 Å². The number of hydrogen-bond acceptors (Lipinski definition) is 2. The Balaban J connectivity index is 1.99. The predicted octanol–water partition coefficient (Wildman–Crippen LogP) is 3.94. The summed E-state index contributed by atoms with van der Waals surface area (Å²) in [6, 6.07) is 13.5. The standard InChI is InChI=1S/C17H18ClFN2O/c1-12(21(2)11-13-6-4-3-5-7-13)17(22)20-16-9-8-14(19)10-15(16)18/h3-10,12H,11H2,1-2H3,(H,20,22). The van der Waals surface area contributed by atoms with Gasteiger partial charge in [-0.15, -0.1) is 0 Å². The van der Waals surface area contributed by atoms with Crippen molar-refractivity contribution in [3.05, 3.63) is 64.9 Å². The molecule has 1 N–H and O–H groups in total. The SMILES string of the molecule is CC(C(=O)Nc1ccc(F)cc1Cl)N(C)Cc1ccccc1. The molecule has 22 heavy (non-hydrogen) atoms. The third kappa shape index (κ3) is 4.29. The molecule has 0 aliphatic carbocycles. The third-order valence-corrected chi connectivity index (χ3v) is 3.82. The molecule has 0 saturated carbocycles. The van der Waals surface area contributed by atoms with Crippen LogP contribution in [0.3, 0.4) is 0 Å². The van der Waals surface area contributed by atoms with Crippen molar-refractivity contribution in [3.8, 4) is 0 Å². The van der Waals surface area contributed by atoms with E-state index in [2.05, 4.69) is 5.32 Å². The van der Waals surface area contributed by atoms with Gasteiger partial charge in [-0.25, -0.2) is 4.39 Å². The number of nitrogens with one attached hydrogen (secondary N) is 1. The first kappa shape index (κ1) is 16.5. The quantitative estimate of drug-likeness (QED) is 0.905. The lowest BCUT2D eigenvalue weighted by molar-refractivity contribution is -0.120. The zero-order valence-corrected chi connectivity index (χ0v) is 13.3. The first-order valence-corrected chi connectivity index (χ1v) is 7.35. The lowest BCUT2D eigenvalue weighted by Gasteiger charge is -2.24. The van der Waals surface area contributed by atoms with Gasteiger partial charge in [-0.05, 0) is 37.7 Å². The lowest BCUT2D eigenvalue weighted by atomic mass is 10.2. The molecular weight excluding hydrogens is 303 g/mol. The van der Waals surface area contributed by atoms with Crippen LogP contribution in [0.4, 0.5) is 10.1 Å². The average molecular weight is 321 g/mol. The molecule has 0 radical (unpaired) electrons. The number of benzene rings is 2. The van der Waals surface area contributed by atoms with E-state index in [-0.39, 0.29) is 17.0 Å². The molecule has 1 unspecified atom stereocenters. The van der Waals surface area contributed by atoms with Crippen LogP contribution in [0.25, 0.3) is 0 Å². The molecule has 2 rings (SSSR count). The van der Waals surface area contributed by atoms with Gasteiger partial charge in [0.05, 0.1) is 16.8 Å². The van der Waals surface area contributed by atoms with Crippen molar-refractivity contribution in [2.24, 2.45) is 0 Å². The summed E-state index contributed by atoms with van der Waals surface area (Å²) in [5, 5.41) is 2.91. The minimum atomic E-state index is -0.433. The van der Waals surface area contributed by atoms with E-state index in [4.69, 9.17) is 11.6 Å². The highest BCUT2D eigenvalue weighted by atomic mass is 35.5. The molecule has 0 aromatic heterocycles. The van der Waals surface area contributed by atoms with E-state index in [9.17, 15) is 9.18 Å². The van der Waals surface area contributed by atoms with Crippen molar-refractivity contribution in [1.29, 1.82) is 0 Å². The van der Waals surface area contributed by atoms with Crippen molar-refractivity contribution in [3.63, 3.8) is 0 Å². The number of hydrogen-bond donors (Lipinski definition) is 1. The molecule has 1 atom stereocenters. The second-order valence-corrected chi connectivity index (χ2v) is 5.60. The zero-order chi connectivity index (χ0) is 16.1. The van der Waals surface area contributed by atoms with Crippen LogP contribution in [0.1, 0.15) is 12.5 Å². The summed E-state index contributed by atoms with van der Waals surface area (Å²) in [5.74, 6) is -0.621. The fourth-order valence-corrected chi connectivity index (χ4v) is 2.25. The van der Waals surface area contributed by atoms with Gasteiger partial charge in [-0.1, -0.05) is 41.9 Å². The summed E-state index contributed by atoms with van der Waals surface area (Å²) in [5.41, 5.74) is 1.54. The van der Waals surface area contributed by atoms with Crippen molar-refractivity contribution in [2.75, 3.05) is 12.4 Å². The molecule has 1 amide bonds. The largest absolute Gasteiger partial charge is 0.323 e. The van der Waals surface area contributed by atoms with Crippen LogP contribution in [0.15, 0.2) is 48.5 Å². The van der Waals surface area contributed by atoms with Gasteiger partial charge in [0.25, 0.3) is 0 Å². The molecule has 0 heterocycles. The second-order valence-electron chi connectivity index (χ2n) is 5.19. The number of amides is 1. The third-order valence-electron chi connectivity index (χ3n) is 3.50. The number of carbonyl (C=O) groups is 1. The van der Waals surface area contributed by atoms with Crippen molar-refractivity contribution in [1.82, 2.24) is 4.90 Å².